The molecule has 0 spiro atoms. The third-order valence-corrected chi connectivity index (χ3v) is 4.75. The Bertz CT molecular complexity index is 1130. The number of hydrogen-bond donors (Lipinski definition) is 2. The molecule has 3 aromatic rings. The van der Waals surface area contributed by atoms with Gasteiger partial charge in [0.1, 0.15) is 38.0 Å². The maximum absolute atomic E-state index is 11.9. The van der Waals surface area contributed by atoms with Gasteiger partial charge in [0.2, 0.25) is 0 Å². The van der Waals surface area contributed by atoms with Gasteiger partial charge < -0.3 is 24.2 Å². The number of benzene rings is 3. The molecule has 0 saturated heterocycles. The van der Waals surface area contributed by atoms with Gasteiger partial charge in [0, 0.05) is 0 Å². The number of carboxylic acids is 2. The average Bonchev–Trinajstić information content (AvgIpc) is 2.68. The maximum Gasteiger partial charge on any atom is 1.00 e. The molecule has 9 nitrogen and oxygen atoms in total. The van der Waals surface area contributed by atoms with Crippen LogP contribution < -0.4 is 39.0 Å². The van der Waals surface area contributed by atoms with E-state index in [0.29, 0.717) is 0 Å². The molecule has 0 aromatic heterocycles. The average molecular weight is 452 g/mol. The summed E-state index contributed by atoms with van der Waals surface area (Å²) < 4.78 is 46.6. The van der Waals surface area contributed by atoms with Crippen LogP contribution in [0.15, 0.2) is 71.6 Å². The molecule has 0 amide bonds. The SMILES string of the molecule is O=C(O)c1ccc(Oc2cccc(Oc3ccc(C(=O)O)cc3)c2S(=O)(=O)[O-])cc1.[Na+]. The van der Waals surface area contributed by atoms with Crippen LogP contribution in [0.4, 0.5) is 0 Å². The molecule has 0 bridgehead atoms. The zero-order valence-electron chi connectivity index (χ0n) is 16.0. The van der Waals surface area contributed by atoms with Gasteiger partial charge in [-0.1, -0.05) is 6.07 Å². The molecule has 154 valence electrons. The van der Waals surface area contributed by atoms with Crippen LogP contribution >= 0.6 is 0 Å². The minimum Gasteiger partial charge on any atom is -0.744 e. The molecular weight excluding hydrogens is 439 g/mol. The second kappa shape index (κ2) is 9.94. The van der Waals surface area contributed by atoms with Crippen molar-refractivity contribution >= 4 is 22.1 Å². The van der Waals surface area contributed by atoms with E-state index in [1.165, 1.54) is 66.7 Å². The summed E-state index contributed by atoms with van der Waals surface area (Å²) in [5, 5.41) is 17.9. The largest absolute Gasteiger partial charge is 1.00 e. The number of ether oxygens (including phenoxy) is 2. The van der Waals surface area contributed by atoms with Crippen LogP contribution in [0.1, 0.15) is 20.7 Å². The maximum atomic E-state index is 11.9. The predicted molar refractivity (Wildman–Crippen MR) is 101 cm³/mol. The second-order valence-corrected chi connectivity index (χ2v) is 7.22. The number of carboxylic acid groups (broad SMARTS) is 2. The van der Waals surface area contributed by atoms with E-state index in [-0.39, 0.29) is 63.7 Å². The first-order chi connectivity index (χ1) is 14.1. The minimum atomic E-state index is -5.04. The fraction of sp³-hybridized carbons (Fsp3) is 0. The Morgan fingerprint density at radius 3 is 1.35 bits per heavy atom. The second-order valence-electron chi connectivity index (χ2n) is 5.90. The molecule has 3 aromatic carbocycles. The van der Waals surface area contributed by atoms with Crippen molar-refractivity contribution < 1.29 is 71.8 Å². The van der Waals surface area contributed by atoms with Gasteiger partial charge >= 0.3 is 41.5 Å². The summed E-state index contributed by atoms with van der Waals surface area (Å²) in [7, 11) is -5.04. The summed E-state index contributed by atoms with van der Waals surface area (Å²) in [6.45, 7) is 0. The molecule has 0 aliphatic carbocycles. The molecule has 0 heterocycles. The Hall–Kier alpha value is -2.89. The van der Waals surface area contributed by atoms with Crippen LogP contribution in [0.5, 0.6) is 23.0 Å². The Labute approximate surface area is 198 Å². The molecule has 0 unspecified atom stereocenters. The van der Waals surface area contributed by atoms with Gasteiger partial charge in [-0.05, 0) is 60.7 Å². The van der Waals surface area contributed by atoms with Crippen molar-refractivity contribution in [1.29, 1.82) is 0 Å². The molecule has 2 N–H and O–H groups in total. The zero-order valence-corrected chi connectivity index (χ0v) is 18.8. The van der Waals surface area contributed by atoms with E-state index in [9.17, 15) is 22.6 Å². The van der Waals surface area contributed by atoms with E-state index in [0.717, 1.165) is 0 Å². The summed E-state index contributed by atoms with van der Waals surface area (Å²) in [6, 6.07) is 14.2. The van der Waals surface area contributed by atoms with E-state index in [1.807, 2.05) is 0 Å². The van der Waals surface area contributed by atoms with E-state index >= 15 is 0 Å². The molecule has 0 aliphatic rings. The molecule has 31 heavy (non-hydrogen) atoms. The molecule has 0 aliphatic heterocycles. The molecular formula is C20H13NaO9S. The number of rotatable bonds is 7. The van der Waals surface area contributed by atoms with Gasteiger partial charge in [0.25, 0.3) is 0 Å². The van der Waals surface area contributed by atoms with Crippen molar-refractivity contribution in [2.45, 2.75) is 4.90 Å². The molecule has 0 saturated carbocycles. The van der Waals surface area contributed by atoms with Crippen LogP contribution in [0.25, 0.3) is 0 Å². The van der Waals surface area contributed by atoms with Crippen LogP contribution in [0.3, 0.4) is 0 Å². The number of carbonyl (C=O) groups is 2. The Morgan fingerprint density at radius 2 is 1.06 bits per heavy atom. The summed E-state index contributed by atoms with van der Waals surface area (Å²) >= 11 is 0. The van der Waals surface area contributed by atoms with Crippen molar-refractivity contribution in [3.8, 4) is 23.0 Å². The molecule has 0 radical (unpaired) electrons. The van der Waals surface area contributed by atoms with Gasteiger partial charge in [-0.15, -0.1) is 0 Å². The predicted octanol–water partition coefficient (Wildman–Crippen LogP) is 0.576. The van der Waals surface area contributed by atoms with Gasteiger partial charge in [0.05, 0.1) is 11.1 Å². The standard InChI is InChI=1S/C20H14O9S.Na/c21-19(22)12-4-8-14(9-5-12)28-16-2-1-3-17(18(16)30(25,26)27)29-15-10-6-13(7-11-15)20(23)24;/h1-11H,(H,21,22)(H,23,24)(H,25,26,27);/q;+1/p-1. The first kappa shape index (κ1) is 24.4. The third-order valence-electron chi connectivity index (χ3n) is 3.85. The van der Waals surface area contributed by atoms with Crippen LogP contribution in [0, 0.1) is 0 Å². The Balaban J connectivity index is 0.00000341. The summed E-state index contributed by atoms with van der Waals surface area (Å²) in [4.78, 5) is 21.1. The summed E-state index contributed by atoms with van der Waals surface area (Å²) in [5.74, 6) is -2.71. The van der Waals surface area contributed by atoms with Crippen molar-refractivity contribution in [3.05, 3.63) is 77.9 Å². The fourth-order valence-electron chi connectivity index (χ4n) is 2.49. The Morgan fingerprint density at radius 1 is 0.710 bits per heavy atom. The summed E-state index contributed by atoms with van der Waals surface area (Å²) in [6.07, 6.45) is 0. The van der Waals surface area contributed by atoms with Crippen LogP contribution in [-0.4, -0.2) is 35.1 Å². The van der Waals surface area contributed by atoms with Crippen molar-refractivity contribution in [3.63, 3.8) is 0 Å². The van der Waals surface area contributed by atoms with E-state index < -0.39 is 27.0 Å². The smallest absolute Gasteiger partial charge is 0.744 e. The van der Waals surface area contributed by atoms with Crippen molar-refractivity contribution in [2.75, 3.05) is 0 Å². The van der Waals surface area contributed by atoms with Crippen LogP contribution in [0.2, 0.25) is 0 Å². The molecule has 11 heteroatoms. The van der Waals surface area contributed by atoms with E-state index in [1.54, 1.807) is 0 Å². The first-order valence-electron chi connectivity index (χ1n) is 8.26. The van der Waals surface area contributed by atoms with E-state index in [4.69, 9.17) is 19.7 Å². The Kier molecular flexibility index (Phi) is 7.82. The third kappa shape index (κ3) is 6.06. The minimum absolute atomic E-state index is 0. The first-order valence-corrected chi connectivity index (χ1v) is 9.67. The molecule has 0 fully saturated rings. The quantitative estimate of drug-likeness (QED) is 0.387. The molecule has 3 rings (SSSR count). The topological polar surface area (TPSA) is 150 Å². The van der Waals surface area contributed by atoms with Gasteiger partial charge in [-0.25, -0.2) is 18.0 Å². The van der Waals surface area contributed by atoms with Crippen molar-refractivity contribution in [2.24, 2.45) is 0 Å². The molecule has 0 atom stereocenters. The van der Waals surface area contributed by atoms with Gasteiger partial charge in [-0.2, -0.15) is 0 Å². The number of hydrogen-bond acceptors (Lipinski definition) is 7. The normalized spacial score (nSPS) is 10.6. The van der Waals surface area contributed by atoms with Crippen molar-refractivity contribution in [1.82, 2.24) is 0 Å². The zero-order chi connectivity index (χ0) is 21.9. The van der Waals surface area contributed by atoms with E-state index in [2.05, 4.69) is 0 Å². The number of aromatic carboxylic acids is 2. The summed E-state index contributed by atoms with van der Waals surface area (Å²) in [5.41, 5.74) is 0.00169. The van der Waals surface area contributed by atoms with Gasteiger partial charge in [-0.3, -0.25) is 0 Å². The van der Waals surface area contributed by atoms with Crippen LogP contribution in [-0.2, 0) is 10.1 Å². The van der Waals surface area contributed by atoms with Gasteiger partial charge in [0.15, 0.2) is 0 Å². The fourth-order valence-corrected chi connectivity index (χ4v) is 3.20. The monoisotopic (exact) mass is 452 g/mol.